The largest absolute Gasteiger partial charge is 0.508 e. The average Bonchev–Trinajstić information content (AvgIpc) is 3.04. The number of carbonyl (C=O) groups is 1. The Kier molecular flexibility index (Phi) is 6.39. The molecule has 2 aromatic rings. The van der Waals surface area contributed by atoms with Gasteiger partial charge in [-0.3, -0.25) is 4.79 Å². The SMILES string of the molecule is CC1CCC(C(C)C)C(C(=O)Nc2cc(-c3ccc(O)cc3)nn2CCN)C1. The Balaban J connectivity index is 1.83. The molecule has 1 aliphatic rings. The molecular formula is C22H32N4O2. The number of hydrogen-bond donors (Lipinski definition) is 3. The molecule has 1 heterocycles. The lowest BCUT2D eigenvalue weighted by Crippen LogP contribution is -2.37. The van der Waals surface area contributed by atoms with E-state index in [1.165, 1.54) is 6.42 Å². The second-order valence-corrected chi connectivity index (χ2v) is 8.40. The van der Waals surface area contributed by atoms with Gasteiger partial charge in [-0.15, -0.1) is 0 Å². The molecule has 1 fully saturated rings. The summed E-state index contributed by atoms with van der Waals surface area (Å²) < 4.78 is 1.76. The van der Waals surface area contributed by atoms with Crippen LogP contribution in [0, 0.1) is 23.7 Å². The molecule has 0 radical (unpaired) electrons. The minimum absolute atomic E-state index is 0.0297. The summed E-state index contributed by atoms with van der Waals surface area (Å²) >= 11 is 0. The average molecular weight is 385 g/mol. The van der Waals surface area contributed by atoms with E-state index in [0.717, 1.165) is 24.1 Å². The molecule has 4 N–H and O–H groups in total. The first-order chi connectivity index (χ1) is 13.4. The molecule has 3 rings (SSSR count). The van der Waals surface area contributed by atoms with Crippen LogP contribution in [-0.2, 0) is 11.3 Å². The van der Waals surface area contributed by atoms with E-state index < -0.39 is 0 Å². The molecule has 1 amide bonds. The van der Waals surface area contributed by atoms with Crippen LogP contribution in [0.2, 0.25) is 0 Å². The van der Waals surface area contributed by atoms with Gasteiger partial charge in [-0.1, -0.05) is 27.2 Å². The minimum Gasteiger partial charge on any atom is -0.508 e. The Morgan fingerprint density at radius 1 is 1.32 bits per heavy atom. The summed E-state index contributed by atoms with van der Waals surface area (Å²) in [7, 11) is 0. The van der Waals surface area contributed by atoms with Gasteiger partial charge in [0.15, 0.2) is 0 Å². The van der Waals surface area contributed by atoms with Crippen molar-refractivity contribution in [3.63, 3.8) is 0 Å². The lowest BCUT2D eigenvalue weighted by Gasteiger charge is -2.36. The van der Waals surface area contributed by atoms with Gasteiger partial charge in [-0.05, 0) is 54.9 Å². The van der Waals surface area contributed by atoms with Crippen molar-refractivity contribution < 1.29 is 9.90 Å². The highest BCUT2D eigenvalue weighted by molar-refractivity contribution is 5.92. The highest BCUT2D eigenvalue weighted by atomic mass is 16.3. The highest BCUT2D eigenvalue weighted by Gasteiger charge is 2.35. The van der Waals surface area contributed by atoms with Crippen molar-refractivity contribution in [2.75, 3.05) is 11.9 Å². The predicted octanol–water partition coefficient (Wildman–Crippen LogP) is 3.86. The predicted molar refractivity (Wildman–Crippen MR) is 112 cm³/mol. The Bertz CT molecular complexity index is 797. The summed E-state index contributed by atoms with van der Waals surface area (Å²) in [6.07, 6.45) is 3.24. The molecule has 6 heteroatoms. The van der Waals surface area contributed by atoms with E-state index in [1.54, 1.807) is 16.8 Å². The van der Waals surface area contributed by atoms with E-state index in [-0.39, 0.29) is 17.6 Å². The van der Waals surface area contributed by atoms with Gasteiger partial charge in [0, 0.05) is 24.1 Å². The molecule has 0 aliphatic heterocycles. The maximum Gasteiger partial charge on any atom is 0.228 e. The number of aromatic hydroxyl groups is 1. The second kappa shape index (κ2) is 8.78. The number of benzene rings is 1. The van der Waals surface area contributed by atoms with E-state index in [9.17, 15) is 9.90 Å². The maximum atomic E-state index is 13.2. The van der Waals surface area contributed by atoms with Gasteiger partial charge in [0.1, 0.15) is 11.6 Å². The number of phenols is 1. The summed E-state index contributed by atoms with van der Waals surface area (Å²) in [5.74, 6) is 2.49. The molecule has 0 saturated heterocycles. The third-order valence-corrected chi connectivity index (χ3v) is 5.89. The van der Waals surface area contributed by atoms with E-state index in [4.69, 9.17) is 5.73 Å². The van der Waals surface area contributed by atoms with E-state index in [1.807, 2.05) is 18.2 Å². The quantitative estimate of drug-likeness (QED) is 0.705. The van der Waals surface area contributed by atoms with E-state index >= 15 is 0 Å². The fourth-order valence-electron chi connectivity index (χ4n) is 4.31. The topological polar surface area (TPSA) is 93.2 Å². The maximum absolute atomic E-state index is 13.2. The monoisotopic (exact) mass is 384 g/mol. The van der Waals surface area contributed by atoms with Gasteiger partial charge in [0.25, 0.3) is 0 Å². The molecule has 28 heavy (non-hydrogen) atoms. The normalized spacial score (nSPS) is 22.4. The zero-order valence-corrected chi connectivity index (χ0v) is 17.1. The van der Waals surface area contributed by atoms with Gasteiger partial charge >= 0.3 is 0 Å². The second-order valence-electron chi connectivity index (χ2n) is 8.40. The Morgan fingerprint density at radius 3 is 2.68 bits per heavy atom. The summed E-state index contributed by atoms with van der Waals surface area (Å²) in [5.41, 5.74) is 7.38. The first kappa shape index (κ1) is 20.4. The number of aromatic nitrogens is 2. The molecule has 0 spiro atoms. The zero-order valence-electron chi connectivity index (χ0n) is 17.1. The summed E-state index contributed by atoms with van der Waals surface area (Å²) in [6.45, 7) is 7.63. The minimum atomic E-state index is 0.0297. The zero-order chi connectivity index (χ0) is 20.3. The van der Waals surface area contributed by atoms with Crippen LogP contribution >= 0.6 is 0 Å². The van der Waals surface area contributed by atoms with Crippen molar-refractivity contribution in [2.24, 2.45) is 29.4 Å². The first-order valence-electron chi connectivity index (χ1n) is 10.3. The molecule has 1 aliphatic carbocycles. The van der Waals surface area contributed by atoms with E-state index in [0.29, 0.717) is 36.7 Å². The smallest absolute Gasteiger partial charge is 0.228 e. The number of nitrogens with one attached hydrogen (secondary N) is 1. The lowest BCUT2D eigenvalue weighted by atomic mass is 9.70. The number of phenolic OH excluding ortho intramolecular Hbond substituents is 1. The number of nitrogens with two attached hydrogens (primary N) is 1. The van der Waals surface area contributed by atoms with Gasteiger partial charge in [0.2, 0.25) is 5.91 Å². The summed E-state index contributed by atoms with van der Waals surface area (Å²) in [5, 5.41) is 17.2. The van der Waals surface area contributed by atoms with Crippen molar-refractivity contribution >= 4 is 11.7 Å². The van der Waals surface area contributed by atoms with Crippen LogP contribution in [0.5, 0.6) is 5.75 Å². The lowest BCUT2D eigenvalue weighted by molar-refractivity contribution is -0.124. The number of amides is 1. The highest BCUT2D eigenvalue weighted by Crippen LogP contribution is 2.38. The molecule has 6 nitrogen and oxygen atoms in total. The van der Waals surface area contributed by atoms with Crippen molar-refractivity contribution in [1.82, 2.24) is 9.78 Å². The van der Waals surface area contributed by atoms with Crippen molar-refractivity contribution in [3.8, 4) is 17.0 Å². The van der Waals surface area contributed by atoms with Gasteiger partial charge < -0.3 is 16.2 Å². The van der Waals surface area contributed by atoms with Crippen molar-refractivity contribution in [3.05, 3.63) is 30.3 Å². The summed E-state index contributed by atoms with van der Waals surface area (Å²) in [4.78, 5) is 13.2. The van der Waals surface area contributed by atoms with Crippen molar-refractivity contribution in [1.29, 1.82) is 0 Å². The number of rotatable bonds is 6. The third-order valence-electron chi connectivity index (χ3n) is 5.89. The molecule has 1 aromatic heterocycles. The van der Waals surface area contributed by atoms with Crippen LogP contribution in [0.15, 0.2) is 30.3 Å². The fourth-order valence-corrected chi connectivity index (χ4v) is 4.31. The summed E-state index contributed by atoms with van der Waals surface area (Å²) in [6, 6.07) is 8.77. The fraction of sp³-hybridized carbons (Fsp3) is 0.545. The van der Waals surface area contributed by atoms with Gasteiger partial charge in [0.05, 0.1) is 12.2 Å². The van der Waals surface area contributed by atoms with Crippen LogP contribution in [0.4, 0.5) is 5.82 Å². The molecule has 1 aromatic carbocycles. The van der Waals surface area contributed by atoms with Crippen LogP contribution < -0.4 is 11.1 Å². The first-order valence-corrected chi connectivity index (χ1v) is 10.3. The molecule has 152 valence electrons. The number of anilines is 1. The van der Waals surface area contributed by atoms with Crippen molar-refractivity contribution in [2.45, 2.75) is 46.6 Å². The third kappa shape index (κ3) is 4.55. The molecular weight excluding hydrogens is 352 g/mol. The van der Waals surface area contributed by atoms with Crippen LogP contribution in [0.1, 0.15) is 40.0 Å². The Hall–Kier alpha value is -2.34. The van der Waals surface area contributed by atoms with E-state index in [2.05, 4.69) is 31.2 Å². The van der Waals surface area contributed by atoms with Crippen LogP contribution in [0.25, 0.3) is 11.3 Å². The molecule has 3 unspecified atom stereocenters. The standard InChI is InChI=1S/C22H32N4O2/c1-14(2)18-9-4-15(3)12-19(18)22(28)24-21-13-20(25-26(21)11-10-23)16-5-7-17(27)8-6-16/h5-8,13-15,18-19,27H,4,9-12,23H2,1-3H3,(H,24,28). The number of nitrogens with zero attached hydrogens (tertiary/aromatic N) is 2. The molecule has 3 atom stereocenters. The molecule has 1 saturated carbocycles. The Morgan fingerprint density at radius 2 is 2.04 bits per heavy atom. The Labute approximate surface area is 167 Å². The van der Waals surface area contributed by atoms with Gasteiger partial charge in [-0.25, -0.2) is 4.68 Å². The number of carbonyl (C=O) groups excluding carboxylic acids is 1. The number of hydrogen-bond acceptors (Lipinski definition) is 4. The van der Waals surface area contributed by atoms with Crippen LogP contribution in [0.3, 0.4) is 0 Å². The molecule has 0 bridgehead atoms. The van der Waals surface area contributed by atoms with Gasteiger partial charge in [-0.2, -0.15) is 5.10 Å². The van der Waals surface area contributed by atoms with Crippen LogP contribution in [-0.4, -0.2) is 27.3 Å².